The second kappa shape index (κ2) is 9.42. The van der Waals surface area contributed by atoms with Crippen molar-refractivity contribution in [2.24, 2.45) is 9.98 Å². The fourth-order valence-corrected chi connectivity index (χ4v) is 5.34. The summed E-state index contributed by atoms with van der Waals surface area (Å²) in [4.78, 5) is 32.1. The second-order valence-electron chi connectivity index (χ2n) is 8.12. The van der Waals surface area contributed by atoms with Gasteiger partial charge >= 0.3 is 0 Å². The zero-order valence-corrected chi connectivity index (χ0v) is 18.4. The summed E-state index contributed by atoms with van der Waals surface area (Å²) in [7, 11) is 0. The van der Waals surface area contributed by atoms with Gasteiger partial charge in [-0.2, -0.15) is 4.99 Å². The number of thiazole rings is 1. The van der Waals surface area contributed by atoms with Crippen LogP contribution in [-0.2, 0) is 9.53 Å². The third kappa shape index (κ3) is 4.63. The van der Waals surface area contributed by atoms with Gasteiger partial charge in [0.15, 0.2) is 0 Å². The van der Waals surface area contributed by atoms with E-state index in [4.69, 9.17) is 19.7 Å². The van der Waals surface area contributed by atoms with E-state index < -0.39 is 5.92 Å². The van der Waals surface area contributed by atoms with Crippen LogP contribution in [0.1, 0.15) is 30.2 Å². The molecule has 2 fully saturated rings. The zero-order chi connectivity index (χ0) is 21.0. The molecule has 164 valence electrons. The Bertz CT molecular complexity index is 958. The lowest BCUT2D eigenvalue weighted by molar-refractivity contribution is -0.120. The molecular formula is C22H28N6O2S. The highest BCUT2D eigenvalue weighted by Crippen LogP contribution is 2.30. The number of nitrogens with zero attached hydrogens (tertiary/aromatic N) is 5. The summed E-state index contributed by atoms with van der Waals surface area (Å²) in [5.41, 5.74) is 0.908. The lowest BCUT2D eigenvalue weighted by Gasteiger charge is -2.32. The van der Waals surface area contributed by atoms with E-state index in [1.165, 1.54) is 19.3 Å². The molecule has 8 nitrogen and oxygen atoms in total. The van der Waals surface area contributed by atoms with Crippen molar-refractivity contribution in [1.29, 1.82) is 0 Å². The van der Waals surface area contributed by atoms with Gasteiger partial charge in [0.05, 0.1) is 30.0 Å². The van der Waals surface area contributed by atoms with E-state index in [0.717, 1.165) is 34.9 Å². The van der Waals surface area contributed by atoms with Gasteiger partial charge in [-0.3, -0.25) is 15.1 Å². The van der Waals surface area contributed by atoms with Gasteiger partial charge in [-0.25, -0.2) is 4.98 Å². The van der Waals surface area contributed by atoms with Crippen LogP contribution >= 0.6 is 11.3 Å². The average Bonchev–Trinajstić information content (AvgIpc) is 3.24. The van der Waals surface area contributed by atoms with E-state index in [9.17, 15) is 4.79 Å². The molecule has 1 aromatic heterocycles. The van der Waals surface area contributed by atoms with Gasteiger partial charge in [0.1, 0.15) is 16.8 Å². The smallest absolute Gasteiger partial charge is 0.244 e. The number of piperidine rings is 1. The fourth-order valence-electron chi connectivity index (χ4n) is 4.28. The number of benzene rings is 1. The number of hydrogen-bond acceptors (Lipinski definition) is 7. The lowest BCUT2D eigenvalue weighted by atomic mass is 10.1. The number of carbonyl (C=O) groups is 1. The third-order valence-electron chi connectivity index (χ3n) is 5.98. The van der Waals surface area contributed by atoms with Crippen molar-refractivity contribution in [2.75, 3.05) is 52.5 Å². The lowest BCUT2D eigenvalue weighted by Crippen LogP contribution is -2.53. The van der Waals surface area contributed by atoms with E-state index in [1.807, 2.05) is 24.3 Å². The highest BCUT2D eigenvalue weighted by atomic mass is 32.1. The van der Waals surface area contributed by atoms with Gasteiger partial charge in [-0.05, 0) is 38.1 Å². The molecule has 9 heteroatoms. The van der Waals surface area contributed by atoms with Crippen molar-refractivity contribution in [3.05, 3.63) is 29.3 Å². The van der Waals surface area contributed by atoms with Gasteiger partial charge in [0.2, 0.25) is 11.9 Å². The Morgan fingerprint density at radius 3 is 2.74 bits per heavy atom. The molecule has 0 aliphatic carbocycles. The molecule has 31 heavy (non-hydrogen) atoms. The highest BCUT2D eigenvalue weighted by molar-refractivity contribution is 7.18. The van der Waals surface area contributed by atoms with E-state index >= 15 is 0 Å². The number of rotatable bonds is 4. The number of para-hydroxylation sites is 1. The van der Waals surface area contributed by atoms with Crippen LogP contribution in [0.25, 0.3) is 10.2 Å². The van der Waals surface area contributed by atoms with Gasteiger partial charge in [0, 0.05) is 19.6 Å². The molecule has 0 radical (unpaired) electrons. The average molecular weight is 441 g/mol. The molecule has 3 aliphatic rings. The van der Waals surface area contributed by atoms with E-state index in [2.05, 4.69) is 15.1 Å². The molecule has 1 unspecified atom stereocenters. The maximum atomic E-state index is 13.2. The Balaban J connectivity index is 1.43. The first-order valence-corrected chi connectivity index (χ1v) is 11.9. The summed E-state index contributed by atoms with van der Waals surface area (Å²) in [5.74, 6) is 0.486. The molecule has 1 atom stereocenters. The Morgan fingerprint density at radius 2 is 1.94 bits per heavy atom. The van der Waals surface area contributed by atoms with Gasteiger partial charge < -0.3 is 14.5 Å². The first-order chi connectivity index (χ1) is 15.3. The van der Waals surface area contributed by atoms with Gasteiger partial charge in [-0.15, -0.1) is 11.3 Å². The minimum atomic E-state index is -0.566. The minimum absolute atomic E-state index is 0.104. The standard InChI is InChI=1S/C22H28N6O2S/c29-20-18(21-24-16-6-2-3-7-17(16)31-21)19(23-8-11-27-9-4-1-5-10-27)25-22(26-20)28-12-14-30-15-13-28/h2-3,6-7,18H,1,4-5,8-15H2,(H,23,25,26,29). The maximum absolute atomic E-state index is 13.2. The number of guanidine groups is 1. The van der Waals surface area contributed by atoms with E-state index in [0.29, 0.717) is 44.6 Å². The fraction of sp³-hybridized carbons (Fsp3) is 0.545. The minimum Gasteiger partial charge on any atom is -0.378 e. The summed E-state index contributed by atoms with van der Waals surface area (Å²) < 4.78 is 6.52. The number of amidine groups is 1. The molecule has 1 aromatic carbocycles. The number of ether oxygens (including phenoxy) is 1. The van der Waals surface area contributed by atoms with Crippen LogP contribution in [0.2, 0.25) is 0 Å². The number of nitrogens with one attached hydrogen (secondary N) is 1. The van der Waals surface area contributed by atoms with E-state index in [1.54, 1.807) is 11.3 Å². The topological polar surface area (TPSA) is 82.4 Å². The van der Waals surface area contributed by atoms with Crippen molar-refractivity contribution in [3.63, 3.8) is 0 Å². The van der Waals surface area contributed by atoms with Crippen LogP contribution in [0.15, 0.2) is 34.3 Å². The summed E-state index contributed by atoms with van der Waals surface area (Å²) >= 11 is 1.54. The Morgan fingerprint density at radius 1 is 1.13 bits per heavy atom. The van der Waals surface area contributed by atoms with Gasteiger partial charge in [0.25, 0.3) is 0 Å². The van der Waals surface area contributed by atoms with Crippen LogP contribution in [0, 0.1) is 0 Å². The number of carbonyl (C=O) groups excluding carboxylic acids is 1. The van der Waals surface area contributed by atoms with Crippen molar-refractivity contribution in [2.45, 2.75) is 25.2 Å². The quantitative estimate of drug-likeness (QED) is 0.787. The molecule has 1 N–H and O–H groups in total. The number of fused-ring (bicyclic) bond motifs is 1. The van der Waals surface area contributed by atoms with Gasteiger partial charge in [-0.1, -0.05) is 18.6 Å². The van der Waals surface area contributed by atoms with E-state index in [-0.39, 0.29) is 5.91 Å². The number of aromatic nitrogens is 1. The van der Waals surface area contributed by atoms with Crippen molar-refractivity contribution in [3.8, 4) is 0 Å². The van der Waals surface area contributed by atoms with Crippen molar-refractivity contribution in [1.82, 2.24) is 20.1 Å². The third-order valence-corrected chi connectivity index (χ3v) is 7.08. The molecule has 0 saturated carbocycles. The highest BCUT2D eigenvalue weighted by Gasteiger charge is 2.36. The Kier molecular flexibility index (Phi) is 6.24. The summed E-state index contributed by atoms with van der Waals surface area (Å²) in [6.07, 6.45) is 3.83. The molecule has 2 saturated heterocycles. The molecule has 5 rings (SSSR count). The first-order valence-electron chi connectivity index (χ1n) is 11.1. The number of aliphatic imine (C=N–C) groups is 2. The summed E-state index contributed by atoms with van der Waals surface area (Å²) in [5, 5.41) is 3.76. The Labute approximate surface area is 186 Å². The van der Waals surface area contributed by atoms with Crippen LogP contribution in [0.3, 0.4) is 0 Å². The van der Waals surface area contributed by atoms with Crippen LogP contribution in [0.4, 0.5) is 0 Å². The normalized spacial score (nSPS) is 24.5. The van der Waals surface area contributed by atoms with Crippen LogP contribution in [-0.4, -0.2) is 85.0 Å². The zero-order valence-electron chi connectivity index (χ0n) is 17.6. The van der Waals surface area contributed by atoms with Crippen molar-refractivity contribution >= 4 is 39.3 Å². The molecule has 1 amide bonds. The van der Waals surface area contributed by atoms with Crippen molar-refractivity contribution < 1.29 is 9.53 Å². The predicted molar refractivity (Wildman–Crippen MR) is 123 cm³/mol. The second-order valence-corrected chi connectivity index (χ2v) is 9.18. The molecule has 0 bridgehead atoms. The number of likely N-dealkylation sites (tertiary alicyclic amines) is 1. The predicted octanol–water partition coefficient (Wildman–Crippen LogP) is 2.08. The largest absolute Gasteiger partial charge is 0.378 e. The number of amides is 1. The molecule has 2 aromatic rings. The van der Waals surface area contributed by atoms with Crippen LogP contribution in [0.5, 0.6) is 0 Å². The first kappa shape index (κ1) is 20.5. The molecule has 4 heterocycles. The molecular weight excluding hydrogens is 412 g/mol. The summed E-state index contributed by atoms with van der Waals surface area (Å²) in [6, 6.07) is 7.97. The SMILES string of the molecule is O=C1NC(N2CCOCC2)=NC(=NCCN2CCCCC2)C1c1nc2ccccc2s1. The molecule has 0 spiro atoms. The maximum Gasteiger partial charge on any atom is 0.244 e. The van der Waals surface area contributed by atoms with Crippen LogP contribution < -0.4 is 5.32 Å². The molecule has 3 aliphatic heterocycles. The number of morpholine rings is 1. The number of hydrogen-bond donors (Lipinski definition) is 1. The summed E-state index contributed by atoms with van der Waals surface area (Å²) in [6.45, 7) is 6.51. The Hall–Kier alpha value is -2.36. The monoisotopic (exact) mass is 440 g/mol.